The van der Waals surface area contributed by atoms with E-state index in [0.29, 0.717) is 12.7 Å². The van der Waals surface area contributed by atoms with Crippen LogP contribution in [0.1, 0.15) is 26.7 Å². The fraction of sp³-hybridized carbons (Fsp3) is 0.727. The van der Waals surface area contributed by atoms with E-state index in [1.54, 1.807) is 4.90 Å². The number of carbonyl (C=O) groups is 1. The average molecular weight is 209 g/mol. The van der Waals surface area contributed by atoms with E-state index in [1.165, 1.54) is 0 Å². The Labute approximate surface area is 91.1 Å². The number of hydrogen-bond donors (Lipinski definition) is 0. The van der Waals surface area contributed by atoms with Crippen molar-refractivity contribution in [1.82, 2.24) is 14.7 Å². The van der Waals surface area contributed by atoms with Gasteiger partial charge in [-0.05, 0) is 26.7 Å². The van der Waals surface area contributed by atoms with Crippen LogP contribution in [0.25, 0.3) is 0 Å². The van der Waals surface area contributed by atoms with Gasteiger partial charge in [-0.3, -0.25) is 4.90 Å². The van der Waals surface area contributed by atoms with Gasteiger partial charge in [-0.1, -0.05) is 0 Å². The fourth-order valence-corrected chi connectivity index (χ4v) is 1.99. The van der Waals surface area contributed by atoms with Crippen LogP contribution in [0.15, 0.2) is 12.4 Å². The summed E-state index contributed by atoms with van der Waals surface area (Å²) in [5.41, 5.74) is 0. The van der Waals surface area contributed by atoms with Crippen molar-refractivity contribution in [3.63, 3.8) is 0 Å². The van der Waals surface area contributed by atoms with Crippen molar-refractivity contribution in [3.8, 4) is 0 Å². The van der Waals surface area contributed by atoms with E-state index >= 15 is 0 Å². The predicted octanol–water partition coefficient (Wildman–Crippen LogP) is 1.66. The van der Waals surface area contributed by atoms with E-state index in [9.17, 15) is 4.79 Å². The Morgan fingerprint density at radius 1 is 1.20 bits per heavy atom. The molecule has 15 heavy (non-hydrogen) atoms. The Hall–Kier alpha value is -1.19. The molecule has 4 heteroatoms. The molecule has 2 heterocycles. The standard InChI is InChI=1S/C11H19N3O/c1-10(2)13-7-8-14(9-13)11(15)12-5-3-4-6-12/h7-8,10H,3-6,9H2,1-2H3. The van der Waals surface area contributed by atoms with Gasteiger partial charge in [0.05, 0.1) is 6.67 Å². The van der Waals surface area contributed by atoms with Crippen LogP contribution >= 0.6 is 0 Å². The summed E-state index contributed by atoms with van der Waals surface area (Å²) >= 11 is 0. The molecule has 1 saturated heterocycles. The van der Waals surface area contributed by atoms with Gasteiger partial charge in [-0.25, -0.2) is 4.79 Å². The van der Waals surface area contributed by atoms with Crippen LogP contribution in [0.3, 0.4) is 0 Å². The lowest BCUT2D eigenvalue weighted by Crippen LogP contribution is -2.41. The van der Waals surface area contributed by atoms with Crippen molar-refractivity contribution in [1.29, 1.82) is 0 Å². The highest BCUT2D eigenvalue weighted by molar-refractivity contribution is 5.76. The van der Waals surface area contributed by atoms with Crippen molar-refractivity contribution in [2.45, 2.75) is 32.7 Å². The minimum absolute atomic E-state index is 0.159. The first-order chi connectivity index (χ1) is 7.18. The molecular formula is C11H19N3O. The molecule has 0 unspecified atom stereocenters. The summed E-state index contributed by atoms with van der Waals surface area (Å²) in [6.45, 7) is 6.81. The third-order valence-electron chi connectivity index (χ3n) is 3.04. The molecule has 0 aromatic heterocycles. The number of likely N-dealkylation sites (tertiary alicyclic amines) is 1. The molecule has 84 valence electrons. The molecule has 0 spiro atoms. The Bertz CT molecular complexity index is 269. The molecule has 0 atom stereocenters. The van der Waals surface area contributed by atoms with Gasteiger partial charge in [-0.15, -0.1) is 0 Å². The molecule has 2 aliphatic heterocycles. The zero-order valence-electron chi connectivity index (χ0n) is 9.52. The summed E-state index contributed by atoms with van der Waals surface area (Å²) in [6.07, 6.45) is 6.19. The smallest absolute Gasteiger partial charge is 0.325 e. The Morgan fingerprint density at radius 3 is 2.40 bits per heavy atom. The van der Waals surface area contributed by atoms with Gasteiger partial charge in [0.1, 0.15) is 0 Å². The predicted molar refractivity (Wildman–Crippen MR) is 59.0 cm³/mol. The van der Waals surface area contributed by atoms with Gasteiger partial charge >= 0.3 is 6.03 Å². The third-order valence-corrected chi connectivity index (χ3v) is 3.04. The second kappa shape index (κ2) is 4.13. The molecule has 0 aromatic rings. The Morgan fingerprint density at radius 2 is 1.87 bits per heavy atom. The number of amides is 2. The summed E-state index contributed by atoms with van der Waals surface area (Å²) in [6, 6.07) is 0.615. The van der Waals surface area contributed by atoms with Crippen LogP contribution < -0.4 is 0 Å². The quantitative estimate of drug-likeness (QED) is 0.656. The highest BCUT2D eigenvalue weighted by Gasteiger charge is 2.26. The molecule has 0 bridgehead atoms. The molecular weight excluding hydrogens is 190 g/mol. The minimum Gasteiger partial charge on any atom is -0.356 e. The molecule has 4 nitrogen and oxygen atoms in total. The van der Waals surface area contributed by atoms with Gasteiger partial charge in [-0.2, -0.15) is 0 Å². The largest absolute Gasteiger partial charge is 0.356 e. The Balaban J connectivity index is 1.90. The van der Waals surface area contributed by atoms with Crippen molar-refractivity contribution in [2.75, 3.05) is 19.8 Å². The molecule has 2 amide bonds. The highest BCUT2D eigenvalue weighted by atomic mass is 16.2. The Kier molecular flexibility index (Phi) is 2.84. The van der Waals surface area contributed by atoms with E-state index in [-0.39, 0.29) is 6.03 Å². The minimum atomic E-state index is 0.159. The lowest BCUT2D eigenvalue weighted by Gasteiger charge is -2.26. The van der Waals surface area contributed by atoms with Crippen molar-refractivity contribution < 1.29 is 4.79 Å². The van der Waals surface area contributed by atoms with Crippen molar-refractivity contribution in [2.24, 2.45) is 0 Å². The third kappa shape index (κ3) is 2.08. The van der Waals surface area contributed by atoms with Gasteiger partial charge in [0.2, 0.25) is 0 Å². The molecule has 0 aliphatic carbocycles. The second-order valence-corrected chi connectivity index (χ2v) is 4.49. The second-order valence-electron chi connectivity index (χ2n) is 4.49. The summed E-state index contributed by atoms with van der Waals surface area (Å²) in [5.74, 6) is 0. The van der Waals surface area contributed by atoms with E-state index in [0.717, 1.165) is 25.9 Å². The van der Waals surface area contributed by atoms with E-state index in [2.05, 4.69) is 18.7 Å². The maximum Gasteiger partial charge on any atom is 0.325 e. The van der Waals surface area contributed by atoms with Crippen molar-refractivity contribution >= 4 is 6.03 Å². The number of urea groups is 1. The van der Waals surface area contributed by atoms with Crippen LogP contribution in [0.5, 0.6) is 0 Å². The zero-order valence-corrected chi connectivity index (χ0v) is 9.52. The van der Waals surface area contributed by atoms with E-state index in [4.69, 9.17) is 0 Å². The summed E-state index contributed by atoms with van der Waals surface area (Å²) in [5, 5.41) is 0. The topological polar surface area (TPSA) is 26.8 Å². The average Bonchev–Trinajstić information content (AvgIpc) is 2.88. The lowest BCUT2D eigenvalue weighted by molar-refractivity contribution is 0.163. The van der Waals surface area contributed by atoms with Crippen LogP contribution in [-0.4, -0.2) is 46.5 Å². The SMILES string of the molecule is CC(C)N1C=CN(C(=O)N2CCCC2)C1. The van der Waals surface area contributed by atoms with Gasteiger partial charge in [0.15, 0.2) is 0 Å². The summed E-state index contributed by atoms with van der Waals surface area (Å²) in [7, 11) is 0. The molecule has 0 aromatic carbocycles. The van der Waals surface area contributed by atoms with E-state index < -0.39 is 0 Å². The molecule has 2 aliphatic rings. The zero-order chi connectivity index (χ0) is 10.8. The maximum atomic E-state index is 12.0. The maximum absolute atomic E-state index is 12.0. The fourth-order valence-electron chi connectivity index (χ4n) is 1.99. The van der Waals surface area contributed by atoms with Crippen LogP contribution in [0.4, 0.5) is 4.79 Å². The number of nitrogens with zero attached hydrogens (tertiary/aromatic N) is 3. The summed E-state index contributed by atoms with van der Waals surface area (Å²) in [4.78, 5) is 17.9. The molecule has 0 radical (unpaired) electrons. The van der Waals surface area contributed by atoms with Gasteiger partial charge < -0.3 is 9.80 Å². The van der Waals surface area contributed by atoms with Crippen molar-refractivity contribution in [3.05, 3.63) is 12.4 Å². The number of rotatable bonds is 1. The molecule has 0 saturated carbocycles. The van der Waals surface area contributed by atoms with Gasteiger partial charge in [0, 0.05) is 31.5 Å². The summed E-state index contributed by atoms with van der Waals surface area (Å²) < 4.78 is 0. The van der Waals surface area contributed by atoms with Crippen LogP contribution in [-0.2, 0) is 0 Å². The van der Waals surface area contributed by atoms with Crippen LogP contribution in [0.2, 0.25) is 0 Å². The number of carbonyl (C=O) groups excluding carboxylic acids is 1. The number of hydrogen-bond acceptors (Lipinski definition) is 2. The van der Waals surface area contributed by atoms with E-state index in [1.807, 2.05) is 17.3 Å². The first kappa shape index (κ1) is 10.3. The first-order valence-electron chi connectivity index (χ1n) is 5.68. The monoisotopic (exact) mass is 209 g/mol. The van der Waals surface area contributed by atoms with Gasteiger partial charge in [0.25, 0.3) is 0 Å². The molecule has 1 fully saturated rings. The highest BCUT2D eigenvalue weighted by Crippen LogP contribution is 2.15. The normalized spacial score (nSPS) is 20.9. The lowest BCUT2D eigenvalue weighted by atomic mass is 10.4. The van der Waals surface area contributed by atoms with Crippen LogP contribution in [0, 0.1) is 0 Å². The first-order valence-corrected chi connectivity index (χ1v) is 5.68. The molecule has 0 N–H and O–H groups in total. The molecule has 2 rings (SSSR count).